The SMILES string of the molecule is Cn1nc(F)nc1F. The minimum Gasteiger partial charge on any atom is -0.222 e. The molecule has 1 heterocycles. The van der Waals surface area contributed by atoms with E-state index in [1.807, 2.05) is 0 Å². The summed E-state index contributed by atoms with van der Waals surface area (Å²) in [4.78, 5) is 2.73. The van der Waals surface area contributed by atoms with E-state index in [0.29, 0.717) is 0 Å². The first kappa shape index (κ1) is 5.14. The van der Waals surface area contributed by atoms with Gasteiger partial charge in [0.05, 0.1) is 0 Å². The van der Waals surface area contributed by atoms with Gasteiger partial charge in [0.25, 0.3) is 0 Å². The van der Waals surface area contributed by atoms with E-state index < -0.39 is 12.2 Å². The lowest BCUT2D eigenvalue weighted by Crippen LogP contribution is -1.93. The highest BCUT2D eigenvalue weighted by atomic mass is 19.1. The average molecular weight is 119 g/mol. The van der Waals surface area contributed by atoms with Gasteiger partial charge in [-0.2, -0.15) is 13.8 Å². The van der Waals surface area contributed by atoms with Crippen LogP contribution in [0.3, 0.4) is 0 Å². The molecule has 1 rings (SSSR count). The zero-order valence-corrected chi connectivity index (χ0v) is 4.10. The van der Waals surface area contributed by atoms with Crippen molar-refractivity contribution in [2.45, 2.75) is 0 Å². The quantitative estimate of drug-likeness (QED) is 0.484. The van der Waals surface area contributed by atoms with Crippen molar-refractivity contribution < 1.29 is 8.78 Å². The van der Waals surface area contributed by atoms with Crippen LogP contribution in [0.15, 0.2) is 0 Å². The van der Waals surface area contributed by atoms with E-state index in [2.05, 4.69) is 10.1 Å². The van der Waals surface area contributed by atoms with E-state index in [9.17, 15) is 8.78 Å². The molecule has 0 fully saturated rings. The first-order valence-electron chi connectivity index (χ1n) is 1.92. The second-order valence-corrected chi connectivity index (χ2v) is 1.27. The average Bonchev–Trinajstić information content (AvgIpc) is 1.85. The van der Waals surface area contributed by atoms with Crippen molar-refractivity contribution in [1.29, 1.82) is 0 Å². The molecule has 0 bridgehead atoms. The zero-order valence-electron chi connectivity index (χ0n) is 4.10. The normalized spacial score (nSPS) is 9.88. The van der Waals surface area contributed by atoms with Crippen LogP contribution < -0.4 is 0 Å². The summed E-state index contributed by atoms with van der Waals surface area (Å²) in [7, 11) is 1.27. The monoisotopic (exact) mass is 119 g/mol. The molecule has 1 aromatic heterocycles. The van der Waals surface area contributed by atoms with Crippen LogP contribution in [0.5, 0.6) is 0 Å². The van der Waals surface area contributed by atoms with E-state index in [4.69, 9.17) is 0 Å². The minimum atomic E-state index is -1.04. The highest BCUT2D eigenvalue weighted by Gasteiger charge is 2.01. The van der Waals surface area contributed by atoms with Gasteiger partial charge in [-0.25, -0.2) is 4.68 Å². The Morgan fingerprint density at radius 3 is 2.25 bits per heavy atom. The van der Waals surface area contributed by atoms with Gasteiger partial charge in [-0.05, 0) is 0 Å². The zero-order chi connectivity index (χ0) is 6.15. The fourth-order valence-electron chi connectivity index (χ4n) is 0.336. The largest absolute Gasteiger partial charge is 0.329 e. The van der Waals surface area contributed by atoms with Gasteiger partial charge < -0.3 is 0 Å². The number of nitrogens with zero attached hydrogens (tertiary/aromatic N) is 3. The van der Waals surface area contributed by atoms with Crippen LogP contribution in [0.25, 0.3) is 0 Å². The van der Waals surface area contributed by atoms with Gasteiger partial charge in [-0.3, -0.25) is 0 Å². The van der Waals surface area contributed by atoms with Crippen LogP contribution >= 0.6 is 0 Å². The Morgan fingerprint density at radius 2 is 2.12 bits per heavy atom. The van der Waals surface area contributed by atoms with Gasteiger partial charge in [0, 0.05) is 7.05 Å². The van der Waals surface area contributed by atoms with Gasteiger partial charge in [0.2, 0.25) is 0 Å². The highest BCUT2D eigenvalue weighted by molar-refractivity contribution is 4.60. The second-order valence-electron chi connectivity index (χ2n) is 1.27. The predicted octanol–water partition coefficient (Wildman–Crippen LogP) is 0.0933. The number of hydrogen-bond acceptors (Lipinski definition) is 2. The molecular formula is C3H3F2N3. The molecule has 0 aliphatic carbocycles. The maximum absolute atomic E-state index is 11.9. The Balaban J connectivity index is 3.14. The first-order chi connectivity index (χ1) is 3.70. The van der Waals surface area contributed by atoms with Crippen LogP contribution in [-0.2, 0) is 7.05 Å². The molecule has 0 unspecified atom stereocenters. The van der Waals surface area contributed by atoms with Crippen molar-refractivity contribution in [2.24, 2.45) is 7.05 Å². The van der Waals surface area contributed by atoms with Gasteiger partial charge in [-0.15, -0.1) is 5.10 Å². The van der Waals surface area contributed by atoms with E-state index in [0.717, 1.165) is 4.68 Å². The van der Waals surface area contributed by atoms with Crippen LogP contribution in [-0.4, -0.2) is 14.8 Å². The highest BCUT2D eigenvalue weighted by Crippen LogP contribution is 1.89. The Kier molecular flexibility index (Phi) is 0.964. The van der Waals surface area contributed by atoms with E-state index >= 15 is 0 Å². The summed E-state index contributed by atoms with van der Waals surface area (Å²) in [5.41, 5.74) is 0. The maximum Gasteiger partial charge on any atom is 0.329 e. The molecule has 0 N–H and O–H groups in total. The lowest BCUT2D eigenvalue weighted by Gasteiger charge is -1.79. The van der Waals surface area contributed by atoms with Crippen LogP contribution in [0, 0.1) is 12.2 Å². The van der Waals surface area contributed by atoms with Crippen molar-refractivity contribution in [1.82, 2.24) is 14.8 Å². The molecule has 0 spiro atoms. The molecule has 0 aliphatic rings. The van der Waals surface area contributed by atoms with Crippen LogP contribution in [0.1, 0.15) is 0 Å². The van der Waals surface area contributed by atoms with Gasteiger partial charge in [0.15, 0.2) is 0 Å². The third-order valence-corrected chi connectivity index (χ3v) is 0.684. The molecule has 3 nitrogen and oxygen atoms in total. The topological polar surface area (TPSA) is 30.7 Å². The summed E-state index contributed by atoms with van der Waals surface area (Å²) >= 11 is 0. The van der Waals surface area contributed by atoms with E-state index in [1.54, 1.807) is 0 Å². The maximum atomic E-state index is 11.9. The Labute approximate surface area is 44.0 Å². The van der Waals surface area contributed by atoms with Crippen molar-refractivity contribution in [3.63, 3.8) is 0 Å². The lowest BCUT2D eigenvalue weighted by atomic mass is 11.2. The van der Waals surface area contributed by atoms with Crippen molar-refractivity contribution in [3.8, 4) is 0 Å². The second kappa shape index (κ2) is 1.50. The molecule has 0 saturated heterocycles. The van der Waals surface area contributed by atoms with Crippen LogP contribution in [0.2, 0.25) is 0 Å². The standard InChI is InChI=1S/C3H3F2N3/c1-8-3(5)6-2(4)7-8/h1H3. The number of hydrogen-bond donors (Lipinski definition) is 0. The number of aromatic nitrogens is 3. The molecule has 0 saturated carbocycles. The summed E-state index contributed by atoms with van der Waals surface area (Å²) in [5, 5.41) is 2.97. The van der Waals surface area contributed by atoms with Crippen molar-refractivity contribution in [2.75, 3.05) is 0 Å². The Hall–Kier alpha value is -1.00. The summed E-state index contributed by atoms with van der Waals surface area (Å²) in [6.45, 7) is 0. The summed E-state index contributed by atoms with van der Waals surface area (Å²) in [6.07, 6.45) is -1.95. The Bertz CT molecular complexity index is 175. The molecule has 0 atom stereocenters. The smallest absolute Gasteiger partial charge is 0.222 e. The fraction of sp³-hybridized carbons (Fsp3) is 0.333. The summed E-state index contributed by atoms with van der Waals surface area (Å²) in [6, 6.07) is 0. The van der Waals surface area contributed by atoms with Gasteiger partial charge >= 0.3 is 12.2 Å². The van der Waals surface area contributed by atoms with Crippen LogP contribution in [0.4, 0.5) is 8.78 Å². The Morgan fingerprint density at radius 1 is 1.50 bits per heavy atom. The minimum absolute atomic E-state index is 0.718. The molecule has 5 heteroatoms. The molecule has 0 amide bonds. The van der Waals surface area contributed by atoms with Gasteiger partial charge in [0.1, 0.15) is 0 Å². The molecule has 8 heavy (non-hydrogen) atoms. The number of halogens is 2. The molecule has 0 radical (unpaired) electrons. The third kappa shape index (κ3) is 0.661. The van der Waals surface area contributed by atoms with Gasteiger partial charge in [-0.1, -0.05) is 0 Å². The van der Waals surface area contributed by atoms with E-state index in [1.165, 1.54) is 7.05 Å². The lowest BCUT2D eigenvalue weighted by molar-refractivity contribution is 0.477. The molecule has 0 aliphatic heterocycles. The molecular weight excluding hydrogens is 116 g/mol. The van der Waals surface area contributed by atoms with E-state index in [-0.39, 0.29) is 0 Å². The molecule has 1 aromatic rings. The third-order valence-electron chi connectivity index (χ3n) is 0.684. The molecule has 0 aromatic carbocycles. The summed E-state index contributed by atoms with van der Waals surface area (Å²) in [5.74, 6) is 0. The fourth-order valence-corrected chi connectivity index (χ4v) is 0.336. The summed E-state index contributed by atoms with van der Waals surface area (Å²) < 4.78 is 24.3. The first-order valence-corrected chi connectivity index (χ1v) is 1.92. The predicted molar refractivity (Wildman–Crippen MR) is 20.9 cm³/mol. The molecule has 44 valence electrons. The van der Waals surface area contributed by atoms with Crippen molar-refractivity contribution >= 4 is 0 Å². The van der Waals surface area contributed by atoms with Crippen molar-refractivity contribution in [3.05, 3.63) is 12.2 Å². The number of aryl methyl sites for hydroxylation is 1. The number of rotatable bonds is 0.